The highest BCUT2D eigenvalue weighted by atomic mass is 35.5. The van der Waals surface area contributed by atoms with Crippen molar-refractivity contribution in [3.8, 4) is 0 Å². The number of amidine groups is 1. The third-order valence-electron chi connectivity index (χ3n) is 7.49. The van der Waals surface area contributed by atoms with Crippen molar-refractivity contribution in [2.24, 2.45) is 4.99 Å². The van der Waals surface area contributed by atoms with Crippen molar-refractivity contribution < 1.29 is 9.18 Å². The monoisotopic (exact) mass is 606 g/mol. The molecule has 5 rings (SSSR count). The van der Waals surface area contributed by atoms with Crippen LogP contribution in [0.1, 0.15) is 68.7 Å². The van der Waals surface area contributed by atoms with Crippen LogP contribution in [-0.2, 0) is 11.2 Å². The largest absolute Gasteiger partial charge is 0.339 e. The maximum atomic E-state index is 13.9. The van der Waals surface area contributed by atoms with Crippen LogP contribution in [0.25, 0.3) is 0 Å². The van der Waals surface area contributed by atoms with E-state index in [9.17, 15) is 9.18 Å². The summed E-state index contributed by atoms with van der Waals surface area (Å²) in [5.41, 5.74) is 4.18. The van der Waals surface area contributed by atoms with Crippen molar-refractivity contribution in [1.29, 1.82) is 0 Å². The molecule has 2 atom stereocenters. The first-order valence-electron chi connectivity index (χ1n) is 14.7. The number of carbonyl (C=O) groups excluding carboxylic acids is 1. The number of halogens is 2. The summed E-state index contributed by atoms with van der Waals surface area (Å²) >= 11 is 7.77. The van der Waals surface area contributed by atoms with E-state index >= 15 is 0 Å². The van der Waals surface area contributed by atoms with E-state index in [4.69, 9.17) is 11.6 Å². The Bertz CT molecular complexity index is 1430. The zero-order valence-electron chi connectivity index (χ0n) is 24.8. The quantitative estimate of drug-likeness (QED) is 0.248. The number of aliphatic imine (C=N–C) groups is 1. The molecule has 42 heavy (non-hydrogen) atoms. The molecular weight excluding hydrogens is 567 g/mol. The Morgan fingerprint density at radius 1 is 1.17 bits per heavy atom. The van der Waals surface area contributed by atoms with Crippen molar-refractivity contribution in [3.05, 3.63) is 107 Å². The Labute approximate surface area is 259 Å². The number of nitrogens with zero attached hydrogens (tertiary/aromatic N) is 3. The third kappa shape index (κ3) is 8.24. The van der Waals surface area contributed by atoms with Gasteiger partial charge in [0.2, 0.25) is 5.91 Å². The minimum atomic E-state index is -0.289. The van der Waals surface area contributed by atoms with Crippen molar-refractivity contribution in [2.45, 2.75) is 63.3 Å². The normalized spacial score (nSPS) is 16.6. The fraction of sp³-hybridized carbons (Fsp3) is 0.353. The highest BCUT2D eigenvalue weighted by molar-refractivity contribution is 7.97. The number of fused-ring (bicyclic) bond motifs is 1. The van der Waals surface area contributed by atoms with Gasteiger partial charge >= 0.3 is 0 Å². The van der Waals surface area contributed by atoms with Crippen LogP contribution in [0, 0.1) is 5.82 Å². The molecule has 1 aliphatic heterocycles. The van der Waals surface area contributed by atoms with Crippen molar-refractivity contribution >= 4 is 41.0 Å². The number of nitrogens with one attached hydrogen (secondary N) is 1. The highest BCUT2D eigenvalue weighted by Crippen LogP contribution is 2.36. The standard InChI is InChI=1S/C32H34ClFN4OS.C2H6/c1-22(24-8-3-10-26(34)18-24)17-32(39)38(21-31-35-15-6-16-37(31)2)27-14-13-23-7-4-12-30(29(23)20-27)36-40-28-11-5-9-25(33)19-28;1-2/h3,5-6,8-11,13-14,16,18-20,22,30,36H,4,7,12,15,17,21H2,1-2H3;1-2H3. The van der Waals surface area contributed by atoms with Gasteiger partial charge in [-0.15, -0.1) is 0 Å². The fourth-order valence-electron chi connectivity index (χ4n) is 5.24. The van der Waals surface area contributed by atoms with E-state index in [-0.39, 0.29) is 30.1 Å². The van der Waals surface area contributed by atoms with E-state index in [1.807, 2.05) is 80.2 Å². The molecule has 0 spiro atoms. The topological polar surface area (TPSA) is 47.9 Å². The fourth-order valence-corrected chi connectivity index (χ4v) is 6.35. The summed E-state index contributed by atoms with van der Waals surface area (Å²) < 4.78 is 17.5. The van der Waals surface area contributed by atoms with Gasteiger partial charge in [0.05, 0.1) is 13.1 Å². The molecule has 0 saturated heterocycles. The van der Waals surface area contributed by atoms with Gasteiger partial charge in [-0.1, -0.05) is 56.6 Å². The average Bonchev–Trinajstić information content (AvgIpc) is 3.00. The summed E-state index contributed by atoms with van der Waals surface area (Å²) in [6.45, 7) is 6.93. The zero-order chi connectivity index (χ0) is 30.1. The predicted octanol–water partition coefficient (Wildman–Crippen LogP) is 8.56. The van der Waals surface area contributed by atoms with E-state index < -0.39 is 0 Å². The van der Waals surface area contributed by atoms with E-state index in [1.54, 1.807) is 18.0 Å². The van der Waals surface area contributed by atoms with Crippen LogP contribution in [0.5, 0.6) is 0 Å². The Kier molecular flexibility index (Phi) is 11.6. The zero-order valence-corrected chi connectivity index (χ0v) is 26.4. The van der Waals surface area contributed by atoms with Crippen LogP contribution in [0.15, 0.2) is 88.9 Å². The van der Waals surface area contributed by atoms with Gasteiger partial charge in [-0.25, -0.2) is 4.39 Å². The van der Waals surface area contributed by atoms with Gasteiger partial charge in [-0.3, -0.25) is 14.5 Å². The minimum absolute atomic E-state index is 0.0176. The van der Waals surface area contributed by atoms with Gasteiger partial charge in [0.1, 0.15) is 11.7 Å². The van der Waals surface area contributed by atoms with Crippen LogP contribution in [-0.4, -0.2) is 36.8 Å². The average molecular weight is 607 g/mol. The van der Waals surface area contributed by atoms with E-state index in [1.165, 1.54) is 23.3 Å². The molecule has 0 saturated carbocycles. The van der Waals surface area contributed by atoms with Gasteiger partial charge in [-0.2, -0.15) is 0 Å². The van der Waals surface area contributed by atoms with E-state index in [2.05, 4.69) is 27.9 Å². The summed E-state index contributed by atoms with van der Waals surface area (Å²) in [5.74, 6) is 0.398. The summed E-state index contributed by atoms with van der Waals surface area (Å²) in [5, 5.41) is 0.713. The maximum Gasteiger partial charge on any atom is 0.228 e. The van der Waals surface area contributed by atoms with Gasteiger partial charge in [-0.05, 0) is 102 Å². The number of benzene rings is 3. The number of hydrogen-bond donors (Lipinski definition) is 1. The van der Waals surface area contributed by atoms with Gasteiger partial charge in [0.25, 0.3) is 0 Å². The van der Waals surface area contributed by atoms with Crippen molar-refractivity contribution in [2.75, 3.05) is 25.0 Å². The lowest BCUT2D eigenvalue weighted by Gasteiger charge is -2.31. The van der Waals surface area contributed by atoms with Crippen LogP contribution in [0.3, 0.4) is 0 Å². The van der Waals surface area contributed by atoms with Gasteiger partial charge in [0, 0.05) is 41.3 Å². The second-order valence-corrected chi connectivity index (χ2v) is 11.7. The second kappa shape index (κ2) is 15.4. The summed E-state index contributed by atoms with van der Waals surface area (Å²) in [6, 6.07) is 20.8. The first-order chi connectivity index (χ1) is 20.4. The molecule has 0 fully saturated rings. The number of hydrogen-bond acceptors (Lipinski definition) is 5. The molecule has 1 amide bonds. The number of carbonyl (C=O) groups is 1. The summed E-state index contributed by atoms with van der Waals surface area (Å²) in [4.78, 5) is 23.4. The molecule has 8 heteroatoms. The molecule has 0 aromatic heterocycles. The second-order valence-electron chi connectivity index (χ2n) is 10.4. The Morgan fingerprint density at radius 2 is 1.98 bits per heavy atom. The molecule has 0 bridgehead atoms. The number of likely N-dealkylation sites (N-methyl/N-ethyl adjacent to an activating group) is 1. The van der Waals surface area contributed by atoms with Crippen LogP contribution in [0.4, 0.5) is 10.1 Å². The number of rotatable bonds is 9. The molecule has 3 aromatic rings. The summed E-state index contributed by atoms with van der Waals surface area (Å²) in [6.07, 6.45) is 7.37. The van der Waals surface area contributed by atoms with Crippen LogP contribution < -0.4 is 9.62 Å². The minimum Gasteiger partial charge on any atom is -0.339 e. The van der Waals surface area contributed by atoms with Gasteiger partial charge < -0.3 is 9.80 Å². The summed E-state index contributed by atoms with van der Waals surface area (Å²) in [7, 11) is 1.95. The Morgan fingerprint density at radius 3 is 2.74 bits per heavy atom. The van der Waals surface area contributed by atoms with Crippen molar-refractivity contribution in [1.82, 2.24) is 9.62 Å². The molecule has 0 radical (unpaired) electrons. The number of anilines is 1. The molecule has 222 valence electrons. The molecule has 1 N–H and O–H groups in total. The van der Waals surface area contributed by atoms with E-state index in [0.717, 1.165) is 41.2 Å². The number of aryl methyl sites for hydroxylation is 1. The third-order valence-corrected chi connectivity index (χ3v) is 8.61. The Hall–Kier alpha value is -3.13. The molecule has 5 nitrogen and oxygen atoms in total. The highest BCUT2D eigenvalue weighted by Gasteiger charge is 2.26. The lowest BCUT2D eigenvalue weighted by molar-refractivity contribution is -0.118. The van der Waals surface area contributed by atoms with Crippen LogP contribution >= 0.6 is 23.5 Å². The Balaban J connectivity index is 0.00000198. The smallest absolute Gasteiger partial charge is 0.228 e. The molecule has 2 unspecified atom stereocenters. The first-order valence-corrected chi connectivity index (χ1v) is 15.9. The van der Waals surface area contributed by atoms with E-state index in [0.29, 0.717) is 18.1 Å². The SMILES string of the molecule is CC.CC(CC(=O)N(CC1=NCC=CN1C)c1ccc2c(c1)C(NSc1cccc(Cl)c1)CCC2)c1cccc(F)c1. The first kappa shape index (κ1) is 31.8. The van der Waals surface area contributed by atoms with Gasteiger partial charge in [0.15, 0.2) is 0 Å². The van der Waals surface area contributed by atoms with Crippen LogP contribution in [0.2, 0.25) is 5.02 Å². The lowest BCUT2D eigenvalue weighted by atomic mass is 9.87. The molecule has 1 heterocycles. The molecular formula is C34H40ClFN4OS. The number of amides is 1. The lowest BCUT2D eigenvalue weighted by Crippen LogP contribution is -2.41. The predicted molar refractivity (Wildman–Crippen MR) is 175 cm³/mol. The molecule has 2 aliphatic rings. The molecule has 1 aliphatic carbocycles. The molecule has 3 aromatic carbocycles. The maximum absolute atomic E-state index is 13.9. The van der Waals surface area contributed by atoms with Crippen molar-refractivity contribution in [3.63, 3.8) is 0 Å².